The van der Waals surface area contributed by atoms with E-state index in [1.807, 2.05) is 44.4 Å². The van der Waals surface area contributed by atoms with Crippen molar-refractivity contribution in [2.45, 2.75) is 12.5 Å². The Kier molecular flexibility index (Phi) is 5.08. The number of halogens is 1. The van der Waals surface area contributed by atoms with Gasteiger partial charge in [0.2, 0.25) is 5.76 Å². The fraction of sp³-hybridized carbons (Fsp3) is 0.273. The van der Waals surface area contributed by atoms with E-state index in [0.29, 0.717) is 23.1 Å². The van der Waals surface area contributed by atoms with E-state index in [0.717, 1.165) is 23.0 Å². The molecule has 2 heterocycles. The SMILES string of the molecule is CN(C)CCCN1C(=O)c2oc3ccccc3c(=O)c2[C@H]1c1cccc(Br)c1. The van der Waals surface area contributed by atoms with Gasteiger partial charge in [-0.3, -0.25) is 9.59 Å². The van der Waals surface area contributed by atoms with Crippen LogP contribution in [-0.4, -0.2) is 42.9 Å². The molecule has 1 aliphatic heterocycles. The number of hydrogen-bond acceptors (Lipinski definition) is 4. The van der Waals surface area contributed by atoms with E-state index in [-0.39, 0.29) is 17.1 Å². The Morgan fingerprint density at radius 3 is 2.64 bits per heavy atom. The van der Waals surface area contributed by atoms with Gasteiger partial charge in [-0.2, -0.15) is 0 Å². The van der Waals surface area contributed by atoms with E-state index in [2.05, 4.69) is 20.8 Å². The monoisotopic (exact) mass is 440 g/mol. The highest BCUT2D eigenvalue weighted by atomic mass is 79.9. The minimum absolute atomic E-state index is 0.134. The Balaban J connectivity index is 1.88. The third-order valence-corrected chi connectivity index (χ3v) is 5.54. The van der Waals surface area contributed by atoms with Crippen LogP contribution in [0.15, 0.2) is 62.2 Å². The molecule has 0 fully saturated rings. The Hall–Kier alpha value is -2.44. The van der Waals surface area contributed by atoms with Crippen LogP contribution in [0.5, 0.6) is 0 Å². The van der Waals surface area contributed by atoms with Gasteiger partial charge in [0, 0.05) is 11.0 Å². The fourth-order valence-corrected chi connectivity index (χ4v) is 4.20. The lowest BCUT2D eigenvalue weighted by atomic mass is 9.98. The smallest absolute Gasteiger partial charge is 0.290 e. The van der Waals surface area contributed by atoms with Crippen LogP contribution >= 0.6 is 15.9 Å². The number of carbonyl (C=O) groups is 1. The number of fused-ring (bicyclic) bond motifs is 2. The lowest BCUT2D eigenvalue weighted by Gasteiger charge is -2.26. The quantitative estimate of drug-likeness (QED) is 0.600. The molecule has 0 aliphatic carbocycles. The van der Waals surface area contributed by atoms with Crippen LogP contribution in [0.25, 0.3) is 11.0 Å². The number of para-hydroxylation sites is 1. The third kappa shape index (κ3) is 3.27. The van der Waals surface area contributed by atoms with Gasteiger partial charge in [-0.15, -0.1) is 0 Å². The van der Waals surface area contributed by atoms with Gasteiger partial charge in [-0.05, 0) is 56.9 Å². The number of carbonyl (C=O) groups excluding carboxylic acids is 1. The van der Waals surface area contributed by atoms with E-state index >= 15 is 0 Å². The zero-order valence-electron chi connectivity index (χ0n) is 15.8. The van der Waals surface area contributed by atoms with E-state index in [9.17, 15) is 9.59 Å². The summed E-state index contributed by atoms with van der Waals surface area (Å²) in [5.74, 6) is -0.0555. The third-order valence-electron chi connectivity index (χ3n) is 5.04. The zero-order chi connectivity index (χ0) is 19.8. The molecule has 0 bridgehead atoms. The molecule has 0 spiro atoms. The van der Waals surface area contributed by atoms with Gasteiger partial charge >= 0.3 is 0 Å². The fourth-order valence-electron chi connectivity index (χ4n) is 3.78. The van der Waals surface area contributed by atoms with Gasteiger partial charge in [0.25, 0.3) is 5.91 Å². The van der Waals surface area contributed by atoms with Crippen LogP contribution in [-0.2, 0) is 0 Å². The maximum atomic E-state index is 13.3. The van der Waals surface area contributed by atoms with Crippen LogP contribution in [0.3, 0.4) is 0 Å². The normalized spacial score (nSPS) is 16.2. The molecule has 1 aliphatic rings. The molecule has 6 heteroatoms. The maximum absolute atomic E-state index is 13.3. The first kappa shape index (κ1) is 18.9. The van der Waals surface area contributed by atoms with Crippen LogP contribution < -0.4 is 5.43 Å². The average molecular weight is 441 g/mol. The summed E-state index contributed by atoms with van der Waals surface area (Å²) in [6.45, 7) is 1.41. The largest absolute Gasteiger partial charge is 0.450 e. The number of hydrogen-bond donors (Lipinski definition) is 0. The van der Waals surface area contributed by atoms with Crippen LogP contribution in [0.4, 0.5) is 0 Å². The van der Waals surface area contributed by atoms with Gasteiger partial charge in [0.1, 0.15) is 5.58 Å². The predicted molar refractivity (Wildman–Crippen MR) is 113 cm³/mol. The molecule has 0 radical (unpaired) electrons. The highest BCUT2D eigenvalue weighted by Gasteiger charge is 2.42. The maximum Gasteiger partial charge on any atom is 0.290 e. The molecular weight excluding hydrogens is 420 g/mol. The van der Waals surface area contributed by atoms with Crippen molar-refractivity contribution in [1.82, 2.24) is 9.80 Å². The Labute approximate surface area is 171 Å². The second-order valence-electron chi connectivity index (χ2n) is 7.28. The van der Waals surface area contributed by atoms with Crippen molar-refractivity contribution in [1.29, 1.82) is 0 Å². The number of nitrogens with zero attached hydrogens (tertiary/aromatic N) is 2. The standard InChI is InChI=1S/C22H21BrN2O3/c1-24(2)11-6-12-25-19(14-7-5-8-15(23)13-14)18-20(26)16-9-3-4-10-17(16)28-21(18)22(25)27/h3-5,7-10,13,19H,6,11-12H2,1-2H3/t19-/m1/s1. The molecule has 5 nitrogen and oxygen atoms in total. The molecule has 1 atom stereocenters. The molecule has 4 rings (SSSR count). The lowest BCUT2D eigenvalue weighted by molar-refractivity contribution is 0.0722. The second kappa shape index (κ2) is 7.53. The van der Waals surface area contributed by atoms with Crippen LogP contribution in [0.2, 0.25) is 0 Å². The first-order chi connectivity index (χ1) is 13.5. The van der Waals surface area contributed by atoms with Crippen molar-refractivity contribution in [3.8, 4) is 0 Å². The zero-order valence-corrected chi connectivity index (χ0v) is 17.4. The molecule has 144 valence electrons. The molecule has 3 aromatic rings. The molecule has 1 amide bonds. The molecule has 28 heavy (non-hydrogen) atoms. The first-order valence-corrected chi connectivity index (χ1v) is 10.0. The van der Waals surface area contributed by atoms with E-state index < -0.39 is 6.04 Å². The van der Waals surface area contributed by atoms with Crippen molar-refractivity contribution < 1.29 is 9.21 Å². The van der Waals surface area contributed by atoms with Gasteiger partial charge in [0.15, 0.2) is 5.43 Å². The summed E-state index contributed by atoms with van der Waals surface area (Å²) in [6, 6.07) is 14.4. The lowest BCUT2D eigenvalue weighted by Crippen LogP contribution is -2.32. The molecule has 0 unspecified atom stereocenters. The van der Waals surface area contributed by atoms with Gasteiger partial charge < -0.3 is 14.2 Å². The summed E-state index contributed by atoms with van der Waals surface area (Å²) in [7, 11) is 4.01. The summed E-state index contributed by atoms with van der Waals surface area (Å²) in [5.41, 5.74) is 1.65. The highest BCUT2D eigenvalue weighted by Crippen LogP contribution is 2.38. The molecule has 0 saturated heterocycles. The van der Waals surface area contributed by atoms with Gasteiger partial charge in [0.05, 0.1) is 17.0 Å². The first-order valence-electron chi connectivity index (χ1n) is 9.24. The summed E-state index contributed by atoms with van der Waals surface area (Å²) < 4.78 is 6.83. The van der Waals surface area contributed by atoms with Crippen molar-refractivity contribution >= 4 is 32.8 Å². The summed E-state index contributed by atoms with van der Waals surface area (Å²) in [4.78, 5) is 30.4. The van der Waals surface area contributed by atoms with E-state index in [1.54, 1.807) is 23.1 Å². The Morgan fingerprint density at radius 1 is 1.11 bits per heavy atom. The second-order valence-corrected chi connectivity index (χ2v) is 8.20. The molecule has 1 aromatic heterocycles. The summed E-state index contributed by atoms with van der Waals surface area (Å²) >= 11 is 3.50. The Morgan fingerprint density at radius 2 is 1.89 bits per heavy atom. The topological polar surface area (TPSA) is 53.8 Å². The molecular formula is C22H21BrN2O3. The van der Waals surface area contributed by atoms with E-state index in [4.69, 9.17) is 4.42 Å². The van der Waals surface area contributed by atoms with Gasteiger partial charge in [-0.1, -0.05) is 40.2 Å². The number of amides is 1. The van der Waals surface area contributed by atoms with E-state index in [1.165, 1.54) is 0 Å². The van der Waals surface area contributed by atoms with Gasteiger partial charge in [-0.25, -0.2) is 0 Å². The Bertz CT molecular complexity index is 1110. The van der Waals surface area contributed by atoms with Crippen LogP contribution in [0, 0.1) is 0 Å². The summed E-state index contributed by atoms with van der Waals surface area (Å²) in [5, 5.41) is 0.504. The minimum atomic E-state index is -0.442. The van der Waals surface area contributed by atoms with Crippen molar-refractivity contribution in [3.05, 3.63) is 80.1 Å². The predicted octanol–water partition coefficient (Wildman–Crippen LogP) is 4.05. The molecule has 0 N–H and O–H groups in total. The number of rotatable bonds is 5. The van der Waals surface area contributed by atoms with Crippen molar-refractivity contribution in [2.24, 2.45) is 0 Å². The van der Waals surface area contributed by atoms with Crippen molar-refractivity contribution in [2.75, 3.05) is 27.2 Å². The highest BCUT2D eigenvalue weighted by molar-refractivity contribution is 9.10. The van der Waals surface area contributed by atoms with Crippen LogP contribution in [0.1, 0.15) is 34.1 Å². The van der Waals surface area contributed by atoms with Crippen molar-refractivity contribution in [3.63, 3.8) is 0 Å². The molecule has 2 aromatic carbocycles. The molecule has 0 saturated carbocycles. The summed E-state index contributed by atoms with van der Waals surface area (Å²) in [6.07, 6.45) is 0.810. The minimum Gasteiger partial charge on any atom is -0.450 e. The average Bonchev–Trinajstić information content (AvgIpc) is 2.94. The number of benzene rings is 2.